The third-order valence-electron chi connectivity index (χ3n) is 3.04. The number of rotatable bonds is 6. The van der Waals surface area contributed by atoms with Crippen LogP contribution in [0.25, 0.3) is 5.65 Å². The lowest BCUT2D eigenvalue weighted by Crippen LogP contribution is -2.17. The zero-order chi connectivity index (χ0) is 14.5. The molecule has 0 aliphatic rings. The smallest absolute Gasteiger partial charge is 0.155 e. The molecule has 0 saturated carbocycles. The van der Waals surface area contributed by atoms with Crippen LogP contribution in [0.1, 0.15) is 5.69 Å². The third kappa shape index (κ3) is 3.84. The van der Waals surface area contributed by atoms with Gasteiger partial charge in [0.25, 0.3) is 0 Å². The van der Waals surface area contributed by atoms with Crippen LogP contribution >= 0.6 is 27.7 Å². The first-order valence-electron chi connectivity index (χ1n) is 6.69. The van der Waals surface area contributed by atoms with E-state index in [1.54, 1.807) is 6.20 Å². The number of hydrogen-bond donors (Lipinski definition) is 1. The molecule has 0 aliphatic carbocycles. The molecule has 0 aliphatic heterocycles. The number of fused-ring (bicyclic) bond motifs is 1. The summed E-state index contributed by atoms with van der Waals surface area (Å²) in [5, 5.41) is 3.45. The molecule has 4 nitrogen and oxygen atoms in total. The largest absolute Gasteiger partial charge is 0.310 e. The van der Waals surface area contributed by atoms with Gasteiger partial charge in [0, 0.05) is 29.9 Å². The summed E-state index contributed by atoms with van der Waals surface area (Å²) in [6, 6.07) is 10.5. The summed E-state index contributed by atoms with van der Waals surface area (Å²) < 4.78 is 2.86. The Kier molecular flexibility index (Phi) is 4.90. The standard InChI is InChI=1S/C15H15BrN4S/c16-14-11-20-12(9-19-15(20)10-18-14)8-17-6-7-21-13-4-2-1-3-5-13/h1-5,9-11,17H,6-8H2. The number of benzene rings is 1. The third-order valence-corrected chi connectivity index (χ3v) is 4.46. The van der Waals surface area contributed by atoms with E-state index in [4.69, 9.17) is 0 Å². The molecule has 0 saturated heterocycles. The molecule has 0 radical (unpaired) electrons. The van der Waals surface area contributed by atoms with Crippen LogP contribution in [0.3, 0.4) is 0 Å². The van der Waals surface area contributed by atoms with E-state index in [9.17, 15) is 0 Å². The van der Waals surface area contributed by atoms with Gasteiger partial charge in [-0.2, -0.15) is 0 Å². The van der Waals surface area contributed by atoms with E-state index in [1.165, 1.54) is 4.90 Å². The summed E-state index contributed by atoms with van der Waals surface area (Å²) in [5.41, 5.74) is 2.01. The maximum atomic E-state index is 4.34. The van der Waals surface area contributed by atoms with E-state index in [0.717, 1.165) is 34.8 Å². The fourth-order valence-electron chi connectivity index (χ4n) is 2.02. The van der Waals surface area contributed by atoms with E-state index in [1.807, 2.05) is 30.2 Å². The lowest BCUT2D eigenvalue weighted by molar-refractivity contribution is 0.709. The topological polar surface area (TPSA) is 42.2 Å². The number of thioether (sulfide) groups is 1. The zero-order valence-electron chi connectivity index (χ0n) is 11.4. The predicted molar refractivity (Wildman–Crippen MR) is 89.6 cm³/mol. The van der Waals surface area contributed by atoms with Crippen LogP contribution < -0.4 is 5.32 Å². The fraction of sp³-hybridized carbons (Fsp3) is 0.200. The van der Waals surface area contributed by atoms with Crippen molar-refractivity contribution in [3.8, 4) is 0 Å². The number of nitrogens with zero attached hydrogens (tertiary/aromatic N) is 3. The Morgan fingerprint density at radius 2 is 2.00 bits per heavy atom. The van der Waals surface area contributed by atoms with Crippen LogP contribution in [-0.4, -0.2) is 26.7 Å². The highest BCUT2D eigenvalue weighted by Crippen LogP contribution is 2.16. The van der Waals surface area contributed by atoms with Crippen molar-refractivity contribution in [2.45, 2.75) is 11.4 Å². The number of aromatic nitrogens is 3. The molecule has 1 aromatic carbocycles. The highest BCUT2D eigenvalue weighted by Gasteiger charge is 2.03. The molecule has 0 unspecified atom stereocenters. The quantitative estimate of drug-likeness (QED) is 0.539. The van der Waals surface area contributed by atoms with Gasteiger partial charge in [-0.15, -0.1) is 11.8 Å². The average molecular weight is 363 g/mol. The molecule has 21 heavy (non-hydrogen) atoms. The lowest BCUT2D eigenvalue weighted by Gasteiger charge is -2.05. The van der Waals surface area contributed by atoms with Crippen LogP contribution in [-0.2, 0) is 6.54 Å². The van der Waals surface area contributed by atoms with Crippen molar-refractivity contribution in [2.75, 3.05) is 12.3 Å². The molecular formula is C15H15BrN4S. The van der Waals surface area contributed by atoms with E-state index in [2.05, 4.69) is 59.9 Å². The molecule has 2 aromatic heterocycles. The molecule has 3 rings (SSSR count). The Hall–Kier alpha value is -1.37. The van der Waals surface area contributed by atoms with Crippen molar-refractivity contribution < 1.29 is 0 Å². The van der Waals surface area contributed by atoms with Crippen molar-refractivity contribution >= 4 is 33.3 Å². The molecule has 0 bridgehead atoms. The van der Waals surface area contributed by atoms with E-state index >= 15 is 0 Å². The molecule has 1 N–H and O–H groups in total. The first-order valence-corrected chi connectivity index (χ1v) is 8.47. The van der Waals surface area contributed by atoms with Crippen LogP contribution in [0.15, 0.2) is 58.4 Å². The second-order valence-electron chi connectivity index (χ2n) is 4.53. The summed E-state index contributed by atoms with van der Waals surface area (Å²) >= 11 is 5.25. The van der Waals surface area contributed by atoms with Crippen molar-refractivity contribution in [1.29, 1.82) is 0 Å². The number of imidazole rings is 1. The monoisotopic (exact) mass is 362 g/mol. The Balaban J connectivity index is 1.49. The molecule has 2 heterocycles. The van der Waals surface area contributed by atoms with E-state index in [0.29, 0.717) is 0 Å². The number of halogens is 1. The molecular weight excluding hydrogens is 348 g/mol. The van der Waals surface area contributed by atoms with Gasteiger partial charge in [0.1, 0.15) is 4.60 Å². The fourth-order valence-corrected chi connectivity index (χ4v) is 3.16. The molecule has 0 fully saturated rings. The predicted octanol–water partition coefficient (Wildman–Crippen LogP) is 3.37. The number of hydrogen-bond acceptors (Lipinski definition) is 4. The van der Waals surface area contributed by atoms with Gasteiger partial charge in [-0.25, -0.2) is 9.97 Å². The summed E-state index contributed by atoms with van der Waals surface area (Å²) in [7, 11) is 0. The van der Waals surface area contributed by atoms with Gasteiger partial charge in [-0.3, -0.25) is 4.40 Å². The van der Waals surface area contributed by atoms with Gasteiger partial charge in [-0.05, 0) is 28.1 Å². The van der Waals surface area contributed by atoms with Gasteiger partial charge in [-0.1, -0.05) is 18.2 Å². The normalized spacial score (nSPS) is 11.1. The maximum Gasteiger partial charge on any atom is 0.155 e. The highest BCUT2D eigenvalue weighted by molar-refractivity contribution is 9.10. The molecule has 0 atom stereocenters. The van der Waals surface area contributed by atoms with Crippen LogP contribution in [0.2, 0.25) is 0 Å². The lowest BCUT2D eigenvalue weighted by atomic mass is 10.4. The van der Waals surface area contributed by atoms with Gasteiger partial charge in [0.15, 0.2) is 5.65 Å². The molecule has 0 amide bonds. The van der Waals surface area contributed by atoms with Crippen LogP contribution in [0, 0.1) is 0 Å². The maximum absolute atomic E-state index is 4.34. The summed E-state index contributed by atoms with van der Waals surface area (Å²) in [5.74, 6) is 1.05. The van der Waals surface area contributed by atoms with Gasteiger partial charge in [0.2, 0.25) is 0 Å². The summed E-state index contributed by atoms with van der Waals surface area (Å²) in [6.07, 6.45) is 5.59. The molecule has 108 valence electrons. The van der Waals surface area contributed by atoms with E-state index < -0.39 is 0 Å². The minimum absolute atomic E-state index is 0.799. The second-order valence-corrected chi connectivity index (χ2v) is 6.51. The first kappa shape index (κ1) is 14.6. The van der Waals surface area contributed by atoms with Crippen molar-refractivity contribution in [2.24, 2.45) is 0 Å². The first-order chi connectivity index (χ1) is 10.3. The molecule has 3 aromatic rings. The van der Waals surface area contributed by atoms with Crippen LogP contribution in [0.5, 0.6) is 0 Å². The Labute approximate surface area is 136 Å². The minimum atomic E-state index is 0.799. The van der Waals surface area contributed by atoms with Gasteiger partial charge >= 0.3 is 0 Å². The average Bonchev–Trinajstić information content (AvgIpc) is 2.90. The Morgan fingerprint density at radius 1 is 1.14 bits per heavy atom. The van der Waals surface area contributed by atoms with Crippen molar-refractivity contribution in [1.82, 2.24) is 19.7 Å². The Bertz CT molecular complexity index is 714. The van der Waals surface area contributed by atoms with Gasteiger partial charge < -0.3 is 5.32 Å². The number of nitrogens with one attached hydrogen (secondary N) is 1. The SMILES string of the molecule is Brc1cn2c(CNCCSc3ccccc3)cnc2cn1. The van der Waals surface area contributed by atoms with Gasteiger partial charge in [0.05, 0.1) is 18.1 Å². The van der Waals surface area contributed by atoms with Crippen LogP contribution in [0.4, 0.5) is 0 Å². The Morgan fingerprint density at radius 3 is 2.86 bits per heavy atom. The van der Waals surface area contributed by atoms with Crippen molar-refractivity contribution in [3.05, 3.63) is 59.2 Å². The minimum Gasteiger partial charge on any atom is -0.310 e. The molecule has 6 heteroatoms. The zero-order valence-corrected chi connectivity index (χ0v) is 13.8. The van der Waals surface area contributed by atoms with E-state index in [-0.39, 0.29) is 0 Å². The van der Waals surface area contributed by atoms with Crippen molar-refractivity contribution in [3.63, 3.8) is 0 Å². The summed E-state index contributed by atoms with van der Waals surface area (Å²) in [4.78, 5) is 9.82. The summed E-state index contributed by atoms with van der Waals surface area (Å²) in [6.45, 7) is 1.76. The molecule has 0 spiro atoms. The second kappa shape index (κ2) is 7.06. The highest BCUT2D eigenvalue weighted by atomic mass is 79.9.